The molecule has 22 rings (SSSR count). The van der Waals surface area contributed by atoms with E-state index in [4.69, 9.17) is 17.7 Å². The van der Waals surface area contributed by atoms with E-state index < -0.39 is 0 Å². The van der Waals surface area contributed by atoms with Crippen LogP contribution in [0.3, 0.4) is 0 Å². The summed E-state index contributed by atoms with van der Waals surface area (Å²) >= 11 is 0. The highest BCUT2D eigenvalue weighted by molar-refractivity contribution is 6.13. The number of halogens is 4. The minimum Gasteiger partial charge on any atom is -0.437 e. The van der Waals surface area contributed by atoms with Crippen LogP contribution in [0.5, 0.6) is 0 Å². The highest BCUT2D eigenvalue weighted by atomic mass is 19.1. The van der Waals surface area contributed by atoms with E-state index in [9.17, 15) is 17.6 Å². The van der Waals surface area contributed by atoms with Crippen molar-refractivity contribution in [2.24, 2.45) is 28.2 Å². The molecule has 12 heterocycles. The molecule has 1 aliphatic rings. The van der Waals surface area contributed by atoms with Gasteiger partial charge in [0.25, 0.3) is 0 Å². The van der Waals surface area contributed by atoms with E-state index >= 15 is 0 Å². The van der Waals surface area contributed by atoms with Crippen LogP contribution in [0.25, 0.3) is 189 Å². The number of rotatable bonds is 10. The van der Waals surface area contributed by atoms with E-state index in [0.29, 0.717) is 39.9 Å². The number of nitrogens with zero attached hydrogens (tertiary/aromatic N) is 8. The normalized spacial score (nSPS) is 12.3. The molecule has 0 amide bonds. The summed E-state index contributed by atoms with van der Waals surface area (Å²) in [6.45, 7) is 16.2. The number of pyridine rings is 8. The van der Waals surface area contributed by atoms with Gasteiger partial charge in [-0.2, -0.15) is 4.57 Å². The van der Waals surface area contributed by atoms with Gasteiger partial charge in [-0.15, -0.1) is 0 Å². The third-order valence-corrected chi connectivity index (χ3v) is 24.8. The Hall–Kier alpha value is -14.9. The van der Waals surface area contributed by atoms with Crippen LogP contribution in [0, 0.1) is 78.7 Å². The maximum absolute atomic E-state index is 15.0. The molecule has 1 fully saturated rings. The van der Waals surface area contributed by atoms with Crippen molar-refractivity contribution in [2.75, 3.05) is 0 Å². The number of aryl methyl sites for hydroxylation is 12. The molecule has 21 aromatic rings. The Morgan fingerprint density at radius 3 is 1.11 bits per heavy atom. The lowest BCUT2D eigenvalue weighted by Crippen LogP contribution is -2.32. The van der Waals surface area contributed by atoms with Crippen LogP contribution in [0.2, 0.25) is 0 Å². The third kappa shape index (κ3) is 15.5. The predicted octanol–water partition coefficient (Wildman–Crippen LogP) is 26.9. The number of aromatic nitrogens is 8. The molecular weight excluding hydrogens is 1590 g/mol. The molecule has 0 atom stereocenters. The summed E-state index contributed by atoms with van der Waals surface area (Å²) in [6, 6.07) is 83.5. The molecular formula is C111H92F4N8O4+4. The Morgan fingerprint density at radius 1 is 0.283 bits per heavy atom. The number of fused-ring (bicyclic) bond motifs is 12. The topological polar surface area (TPSA) is 120 Å². The summed E-state index contributed by atoms with van der Waals surface area (Å²) in [5.41, 5.74) is 32.0. The van der Waals surface area contributed by atoms with Gasteiger partial charge in [0, 0.05) is 113 Å². The molecule has 0 N–H and O–H groups in total. The molecule has 1 saturated carbocycles. The van der Waals surface area contributed by atoms with E-state index in [2.05, 4.69) is 171 Å². The van der Waals surface area contributed by atoms with Gasteiger partial charge in [0.05, 0.1) is 33.4 Å². The molecule has 12 nitrogen and oxygen atoms in total. The molecule has 16 heteroatoms. The zero-order chi connectivity index (χ0) is 87.7. The minimum absolute atomic E-state index is 0.227. The first-order valence-corrected chi connectivity index (χ1v) is 42.9. The smallest absolute Gasteiger partial charge is 0.227 e. The second-order valence-corrected chi connectivity index (χ2v) is 33.6. The minimum atomic E-state index is -0.252. The van der Waals surface area contributed by atoms with Crippen LogP contribution in [0.4, 0.5) is 17.6 Å². The van der Waals surface area contributed by atoms with Crippen LogP contribution >= 0.6 is 0 Å². The van der Waals surface area contributed by atoms with E-state index in [1.54, 1.807) is 42.5 Å². The van der Waals surface area contributed by atoms with Gasteiger partial charge in [-0.05, 0) is 227 Å². The first-order chi connectivity index (χ1) is 61.5. The maximum Gasteiger partial charge on any atom is 0.227 e. The quantitative estimate of drug-likeness (QED) is 0.0981. The van der Waals surface area contributed by atoms with E-state index in [-0.39, 0.29) is 23.3 Å². The Bertz CT molecular complexity index is 7950. The van der Waals surface area contributed by atoms with Gasteiger partial charge >= 0.3 is 0 Å². The van der Waals surface area contributed by atoms with Gasteiger partial charge in [-0.25, -0.2) is 51.2 Å². The highest BCUT2D eigenvalue weighted by Crippen LogP contribution is 2.46. The van der Waals surface area contributed by atoms with Gasteiger partial charge in [-0.1, -0.05) is 146 Å². The lowest BCUT2D eigenvalue weighted by molar-refractivity contribution is -0.660. The standard InChI is InChI=1S/C36H32FN2O.3C25H20FN2O/c1-22-12-18-29-30-19-13-23(2)38-36(30)40-35(29)33(22)34-31(26-16-14-25(15-17-26)24-8-4-5-9-24)20-27(21-39(34)3)28-10-6-7-11-32(28)37;1-15-9-11-20-21-12-10-16(2)27-25(21)29-24(20)22(15)23-19(8-5-13-28(23)3)17-6-4-7-18(26)14-17;1-15-7-9-20-21-10-8-16(2)27-25(21)29-24(20)23(15)22-14-18(11-12-28(22)3)17-5-4-6-19(26)13-17;1-15-8-10-19-20-11-9-16(2)27-25(20)29-24(19)23(15)22-14-17(12-13-28(22)3)18-6-4-5-7-21(18)26/h6-7,10-21,24H,4-5,8-9H2,1-3H3;3*4-14H,1-3H3/q4*+1. The van der Waals surface area contributed by atoms with Crippen LogP contribution < -0.4 is 18.3 Å². The van der Waals surface area contributed by atoms with Crippen molar-refractivity contribution < 1.29 is 53.5 Å². The van der Waals surface area contributed by atoms with Crippen LogP contribution in [-0.4, -0.2) is 19.9 Å². The zero-order valence-corrected chi connectivity index (χ0v) is 72.8. The van der Waals surface area contributed by atoms with Gasteiger partial charge in [-0.3, -0.25) is 0 Å². The largest absolute Gasteiger partial charge is 0.437 e. The molecule has 1 aliphatic carbocycles. The summed E-state index contributed by atoms with van der Waals surface area (Å²) in [5.74, 6) is -0.301. The summed E-state index contributed by atoms with van der Waals surface area (Å²) in [7, 11) is 8.04. The fourth-order valence-corrected chi connectivity index (χ4v) is 18.3. The zero-order valence-electron chi connectivity index (χ0n) is 72.8. The molecule has 624 valence electrons. The summed E-state index contributed by atoms with van der Waals surface area (Å²) < 4.78 is 90.6. The third-order valence-electron chi connectivity index (χ3n) is 24.8. The molecule has 0 aliphatic heterocycles. The van der Waals surface area contributed by atoms with Crippen molar-refractivity contribution in [1.29, 1.82) is 0 Å². The molecule has 0 radical (unpaired) electrons. The first-order valence-electron chi connectivity index (χ1n) is 42.9. The van der Waals surface area contributed by atoms with Gasteiger partial charge in [0.1, 0.15) is 51.5 Å². The summed E-state index contributed by atoms with van der Waals surface area (Å²) in [6.07, 6.45) is 13.1. The summed E-state index contributed by atoms with van der Waals surface area (Å²) in [4.78, 5) is 18.4. The van der Waals surface area contributed by atoms with Crippen molar-refractivity contribution in [2.45, 2.75) is 87.0 Å². The van der Waals surface area contributed by atoms with Crippen LogP contribution in [0.15, 0.2) is 303 Å². The lowest BCUT2D eigenvalue weighted by Gasteiger charge is -2.15. The Morgan fingerprint density at radius 2 is 0.654 bits per heavy atom. The number of benzene rings is 9. The Labute approximate surface area is 732 Å². The Balaban J connectivity index is 0.000000112. The molecule has 0 spiro atoms. The van der Waals surface area contributed by atoms with Gasteiger partial charge in [0.2, 0.25) is 45.6 Å². The summed E-state index contributed by atoms with van der Waals surface area (Å²) in [5, 5.41) is 8.17. The number of furan rings is 4. The molecule has 0 unspecified atom stereocenters. The second-order valence-electron chi connectivity index (χ2n) is 33.6. The van der Waals surface area contributed by atoms with E-state index in [1.165, 1.54) is 55.5 Å². The molecule has 9 aromatic carbocycles. The average molecular weight is 1680 g/mol. The fraction of sp³-hybridized carbons (Fsp3) is 0.153. The SMILES string of the molecule is Cc1ccc2c(n1)oc1c(-c3c(-c4ccc(C5CCCC5)cc4)cc(-c4ccccc4F)c[n+]3C)c(C)ccc12.Cc1ccc2c(n1)oc1c(-c3c(-c4cccc(F)c4)ccc[n+]3C)c(C)ccc12.Cc1ccc2c(n1)oc1c(-c3cc(-c4cccc(F)c4)cc[n+]3C)c(C)ccc12.Cc1ccc2c(n1)oc1c(-c3cc(-c4ccccc4F)cc[n+]3C)c(C)ccc12. The fourth-order valence-electron chi connectivity index (χ4n) is 18.3. The predicted molar refractivity (Wildman–Crippen MR) is 499 cm³/mol. The van der Waals surface area contributed by atoms with E-state index in [0.717, 1.165) is 200 Å². The lowest BCUT2D eigenvalue weighted by atomic mass is 9.90. The van der Waals surface area contributed by atoms with Crippen LogP contribution in [-0.2, 0) is 28.2 Å². The van der Waals surface area contributed by atoms with Crippen molar-refractivity contribution in [3.63, 3.8) is 0 Å². The van der Waals surface area contributed by atoms with E-state index in [1.807, 2.05) is 170 Å². The number of hydrogen-bond donors (Lipinski definition) is 0. The van der Waals surface area contributed by atoms with Gasteiger partial charge < -0.3 is 17.7 Å². The molecule has 0 bridgehead atoms. The highest BCUT2D eigenvalue weighted by Gasteiger charge is 2.31. The Kier molecular flexibility index (Phi) is 21.7. The second kappa shape index (κ2) is 33.6. The van der Waals surface area contributed by atoms with Crippen molar-refractivity contribution in [1.82, 2.24) is 19.9 Å². The number of hydrogen-bond acceptors (Lipinski definition) is 8. The molecule has 12 aromatic heterocycles. The van der Waals surface area contributed by atoms with Crippen molar-refractivity contribution >= 4 is 88.3 Å². The van der Waals surface area contributed by atoms with Crippen molar-refractivity contribution in [3.05, 3.63) is 360 Å². The van der Waals surface area contributed by atoms with Gasteiger partial charge in [0.15, 0.2) is 47.1 Å². The molecule has 0 saturated heterocycles. The van der Waals surface area contributed by atoms with Crippen LogP contribution in [0.1, 0.15) is 82.2 Å². The molecule has 127 heavy (non-hydrogen) atoms. The monoisotopic (exact) mass is 1680 g/mol. The average Bonchev–Trinajstić information content (AvgIpc) is 1.50. The maximum atomic E-state index is 15.0. The first kappa shape index (κ1) is 81.7. The van der Waals surface area contributed by atoms with Crippen molar-refractivity contribution in [3.8, 4) is 101 Å².